The average Bonchev–Trinajstić information content (AvgIpc) is 2.70. The summed E-state index contributed by atoms with van der Waals surface area (Å²) in [6.07, 6.45) is 0. The van der Waals surface area contributed by atoms with Crippen molar-refractivity contribution in [2.24, 2.45) is 0 Å². The van der Waals surface area contributed by atoms with E-state index in [9.17, 15) is 14.0 Å². The van der Waals surface area contributed by atoms with Crippen LogP contribution in [0.2, 0.25) is 10.0 Å². The van der Waals surface area contributed by atoms with Gasteiger partial charge >= 0.3 is 0 Å². The lowest BCUT2D eigenvalue weighted by atomic mass is 10.1. The first-order valence-corrected chi connectivity index (χ1v) is 11.8. The fraction of sp³-hybridized carbons (Fsp3) is 0.286. The Bertz CT molecular complexity index is 1060. The number of hydrogen-bond donors (Lipinski definition) is 0. The molecule has 0 bridgehead atoms. The van der Waals surface area contributed by atoms with Gasteiger partial charge in [-0.2, -0.15) is 5.26 Å². The fourth-order valence-corrected chi connectivity index (χ4v) is 4.74. The Hall–Kier alpha value is -1.16. The lowest BCUT2D eigenvalue weighted by Crippen LogP contribution is -2.04. The molecule has 2 aromatic rings. The quantitative estimate of drug-likeness (QED) is 0.184. The molecular weight excluding hydrogens is 674 g/mol. The molecule has 0 unspecified atom stereocenters. The van der Waals surface area contributed by atoms with Crippen molar-refractivity contribution in [2.75, 3.05) is 13.2 Å². The van der Waals surface area contributed by atoms with Gasteiger partial charge in [-0.05, 0) is 85.0 Å². The van der Waals surface area contributed by atoms with E-state index < -0.39 is 5.82 Å². The van der Waals surface area contributed by atoms with Crippen molar-refractivity contribution >= 4 is 80.0 Å². The van der Waals surface area contributed by atoms with E-state index >= 15 is 0 Å². The summed E-state index contributed by atoms with van der Waals surface area (Å²) in [7, 11) is 0. The van der Waals surface area contributed by atoms with Gasteiger partial charge in [-0.1, -0.05) is 23.2 Å². The van der Waals surface area contributed by atoms with Gasteiger partial charge in [0.25, 0.3) is 0 Å². The van der Waals surface area contributed by atoms with Crippen LogP contribution >= 0.6 is 68.4 Å². The number of ether oxygens (including phenoxy) is 2. The van der Waals surface area contributed by atoms with Crippen LogP contribution in [0.4, 0.5) is 4.39 Å². The molecular formula is C21H18Cl2FI2NO4. The van der Waals surface area contributed by atoms with Gasteiger partial charge in [0.1, 0.15) is 17.6 Å². The third kappa shape index (κ3) is 6.91. The maximum absolute atomic E-state index is 13.4. The molecule has 31 heavy (non-hydrogen) atoms. The fourth-order valence-electron chi connectivity index (χ4n) is 2.38. The molecule has 0 amide bonds. The number of carbonyl (C=O) groups is 2. The zero-order valence-electron chi connectivity index (χ0n) is 17.0. The highest BCUT2D eigenvalue weighted by Gasteiger charge is 2.20. The minimum atomic E-state index is -0.550. The maximum atomic E-state index is 13.4. The molecule has 0 saturated heterocycles. The number of nitrogens with zero attached hydrogens (tertiary/aromatic N) is 1. The van der Waals surface area contributed by atoms with Gasteiger partial charge in [0.2, 0.25) is 0 Å². The summed E-state index contributed by atoms with van der Waals surface area (Å²) in [6, 6.07) is 4.78. The topological polar surface area (TPSA) is 76.4 Å². The predicted molar refractivity (Wildman–Crippen MR) is 135 cm³/mol. The standard InChI is InChI=1S/C11H9ClINO2.C10H9ClFIO2/c1-3-16-11-7(6(2)15)4-9(12)8(5-14)10(11)13;1-3-15-10-6(5(2)14)4-7(11)8(12)9(10)13/h4H,3H2,1-2H3;4H,3H2,1-2H3. The number of nitriles is 1. The van der Waals surface area contributed by atoms with Gasteiger partial charge in [0.15, 0.2) is 17.4 Å². The predicted octanol–water partition coefficient (Wildman–Crippen LogP) is 7.10. The third-order valence-electron chi connectivity index (χ3n) is 3.74. The first-order chi connectivity index (χ1) is 14.5. The molecule has 166 valence electrons. The van der Waals surface area contributed by atoms with Crippen LogP contribution in [0.5, 0.6) is 11.5 Å². The van der Waals surface area contributed by atoms with E-state index in [0.29, 0.717) is 39.2 Å². The second-order valence-electron chi connectivity index (χ2n) is 5.88. The Balaban J connectivity index is 0.000000311. The van der Waals surface area contributed by atoms with Crippen molar-refractivity contribution in [1.82, 2.24) is 0 Å². The smallest absolute Gasteiger partial charge is 0.163 e. The maximum Gasteiger partial charge on any atom is 0.163 e. The van der Waals surface area contributed by atoms with Gasteiger partial charge in [-0.25, -0.2) is 4.39 Å². The van der Waals surface area contributed by atoms with Crippen molar-refractivity contribution in [3.05, 3.63) is 51.8 Å². The van der Waals surface area contributed by atoms with E-state index in [4.69, 9.17) is 37.9 Å². The number of Topliss-reactive ketones (excluding diaryl/α,β-unsaturated/α-hetero) is 2. The summed E-state index contributed by atoms with van der Waals surface area (Å²) in [6.45, 7) is 7.23. The summed E-state index contributed by atoms with van der Waals surface area (Å²) < 4.78 is 24.9. The number of ketones is 2. The zero-order valence-corrected chi connectivity index (χ0v) is 22.9. The first kappa shape index (κ1) is 27.9. The van der Waals surface area contributed by atoms with Crippen molar-refractivity contribution in [3.8, 4) is 17.6 Å². The molecule has 5 nitrogen and oxygen atoms in total. The van der Waals surface area contributed by atoms with E-state index in [1.54, 1.807) is 29.5 Å². The number of halogens is 5. The third-order valence-corrected chi connectivity index (χ3v) is 6.30. The molecule has 0 radical (unpaired) electrons. The second-order valence-corrected chi connectivity index (χ2v) is 8.85. The van der Waals surface area contributed by atoms with E-state index in [2.05, 4.69) is 0 Å². The zero-order chi connectivity index (χ0) is 23.9. The van der Waals surface area contributed by atoms with Gasteiger partial charge in [0, 0.05) is 0 Å². The molecule has 0 aromatic heterocycles. The summed E-state index contributed by atoms with van der Waals surface area (Å²) in [4.78, 5) is 22.7. The molecule has 0 spiro atoms. The van der Waals surface area contributed by atoms with Crippen LogP contribution in [0.1, 0.15) is 54.0 Å². The van der Waals surface area contributed by atoms with Crippen LogP contribution in [0.3, 0.4) is 0 Å². The van der Waals surface area contributed by atoms with Crippen molar-refractivity contribution in [3.63, 3.8) is 0 Å². The highest BCUT2D eigenvalue weighted by molar-refractivity contribution is 14.1. The Labute approximate surface area is 217 Å². The van der Waals surface area contributed by atoms with Crippen LogP contribution in [-0.2, 0) is 0 Å². The van der Waals surface area contributed by atoms with E-state index in [0.717, 1.165) is 0 Å². The highest BCUT2D eigenvalue weighted by Crippen LogP contribution is 2.34. The Kier molecular flexibility index (Phi) is 11.5. The lowest BCUT2D eigenvalue weighted by Gasteiger charge is -2.12. The number of rotatable bonds is 6. The van der Waals surface area contributed by atoms with Gasteiger partial charge in [0.05, 0.1) is 47.1 Å². The van der Waals surface area contributed by atoms with Crippen molar-refractivity contribution < 1.29 is 23.5 Å². The van der Waals surface area contributed by atoms with Crippen LogP contribution in [0.15, 0.2) is 12.1 Å². The minimum absolute atomic E-state index is 0.0620. The molecule has 0 saturated carbocycles. The molecule has 2 rings (SSSR count). The molecule has 2 aromatic carbocycles. The van der Waals surface area contributed by atoms with Gasteiger partial charge in [-0.15, -0.1) is 0 Å². The Morgan fingerprint density at radius 2 is 1.39 bits per heavy atom. The van der Waals surface area contributed by atoms with Crippen LogP contribution in [0.25, 0.3) is 0 Å². The normalized spacial score (nSPS) is 9.94. The molecule has 0 N–H and O–H groups in total. The number of carbonyl (C=O) groups excluding carboxylic acids is 2. The van der Waals surface area contributed by atoms with Crippen molar-refractivity contribution in [2.45, 2.75) is 27.7 Å². The van der Waals surface area contributed by atoms with Crippen molar-refractivity contribution in [1.29, 1.82) is 5.26 Å². The monoisotopic (exact) mass is 691 g/mol. The Morgan fingerprint density at radius 1 is 0.968 bits per heavy atom. The Morgan fingerprint density at radius 3 is 1.77 bits per heavy atom. The summed E-state index contributed by atoms with van der Waals surface area (Å²) in [5.41, 5.74) is 1.07. The number of hydrogen-bond acceptors (Lipinski definition) is 5. The lowest BCUT2D eigenvalue weighted by molar-refractivity contribution is 0.100. The van der Waals surface area contributed by atoms with Gasteiger partial charge in [-0.3, -0.25) is 9.59 Å². The summed E-state index contributed by atoms with van der Waals surface area (Å²) >= 11 is 15.3. The van der Waals surface area contributed by atoms with E-state index in [-0.39, 0.29) is 30.9 Å². The molecule has 0 aliphatic heterocycles. The molecule has 10 heteroatoms. The summed E-state index contributed by atoms with van der Waals surface area (Å²) in [5, 5.41) is 9.16. The number of benzene rings is 2. The molecule has 0 atom stereocenters. The molecule has 0 aliphatic rings. The molecule has 0 aliphatic carbocycles. The van der Waals surface area contributed by atoms with E-state index in [1.807, 2.05) is 35.6 Å². The second kappa shape index (κ2) is 12.8. The highest BCUT2D eigenvalue weighted by atomic mass is 127. The first-order valence-electron chi connectivity index (χ1n) is 8.88. The SMILES string of the molecule is CCOc1c(C(C)=O)cc(Cl)c(C#N)c1I.CCOc1c(C(C)=O)cc(Cl)c(F)c1I. The average molecular weight is 692 g/mol. The van der Waals surface area contributed by atoms with Crippen LogP contribution < -0.4 is 9.47 Å². The molecule has 0 heterocycles. The minimum Gasteiger partial charge on any atom is -0.492 e. The molecule has 0 fully saturated rings. The largest absolute Gasteiger partial charge is 0.492 e. The summed E-state index contributed by atoms with van der Waals surface area (Å²) in [5.74, 6) is -0.166. The van der Waals surface area contributed by atoms with E-state index in [1.165, 1.54) is 26.0 Å². The van der Waals surface area contributed by atoms with Crippen LogP contribution in [0, 0.1) is 24.3 Å². The van der Waals surface area contributed by atoms with Gasteiger partial charge < -0.3 is 9.47 Å². The van der Waals surface area contributed by atoms with Crippen LogP contribution in [-0.4, -0.2) is 24.8 Å².